The van der Waals surface area contributed by atoms with Gasteiger partial charge in [0.2, 0.25) is 0 Å². The van der Waals surface area contributed by atoms with Crippen molar-refractivity contribution in [3.05, 3.63) is 0 Å². The van der Waals surface area contributed by atoms with Crippen LogP contribution in [0.5, 0.6) is 0 Å². The maximum atomic E-state index is 3.46. The molecule has 68 valence electrons. The molecule has 0 aliphatic heterocycles. The zero-order valence-electron chi connectivity index (χ0n) is 7.91. The van der Waals surface area contributed by atoms with E-state index in [2.05, 4.69) is 29.8 Å². The molecule has 0 fully saturated rings. The molecule has 0 spiro atoms. The molecule has 0 bridgehead atoms. The summed E-state index contributed by atoms with van der Waals surface area (Å²) in [5.74, 6) is 0.944. The van der Waals surface area contributed by atoms with Crippen molar-refractivity contribution in [2.75, 3.05) is 5.33 Å². The number of hydrogen-bond donors (Lipinski definition) is 0. The number of unbranched alkanes of at least 4 members (excludes halogenated alkanes) is 2. The van der Waals surface area contributed by atoms with Crippen LogP contribution in [0, 0.1) is 5.92 Å². The lowest BCUT2D eigenvalue weighted by molar-refractivity contribution is 0.461. The second kappa shape index (κ2) is 8.58. The second-order valence-electron chi connectivity index (χ2n) is 3.43. The highest BCUT2D eigenvalue weighted by atomic mass is 79.9. The van der Waals surface area contributed by atoms with Crippen molar-refractivity contribution in [1.82, 2.24) is 0 Å². The van der Waals surface area contributed by atoms with Crippen LogP contribution in [-0.2, 0) is 0 Å². The lowest BCUT2D eigenvalue weighted by atomic mass is 9.99. The first-order valence-electron chi connectivity index (χ1n) is 4.87. The van der Waals surface area contributed by atoms with E-state index in [1.54, 1.807) is 0 Å². The summed E-state index contributed by atoms with van der Waals surface area (Å²) >= 11 is 3.46. The van der Waals surface area contributed by atoms with Gasteiger partial charge in [0.1, 0.15) is 0 Å². The molecule has 0 aromatic rings. The number of hydrogen-bond acceptors (Lipinski definition) is 0. The van der Waals surface area contributed by atoms with Crippen LogP contribution in [0.2, 0.25) is 0 Å². The Morgan fingerprint density at radius 1 is 1.09 bits per heavy atom. The lowest BCUT2D eigenvalue weighted by Gasteiger charge is -2.08. The fourth-order valence-electron chi connectivity index (χ4n) is 1.31. The summed E-state index contributed by atoms with van der Waals surface area (Å²) in [5.41, 5.74) is 0. The highest BCUT2D eigenvalue weighted by Crippen LogP contribution is 2.14. The SMILES string of the molecule is CCCCC[C@@H](C)CCCBr. The molecule has 0 N–H and O–H groups in total. The van der Waals surface area contributed by atoms with E-state index in [0.717, 1.165) is 5.92 Å². The largest absolute Gasteiger partial charge is 0.0928 e. The molecule has 0 nitrogen and oxygen atoms in total. The third kappa shape index (κ3) is 8.39. The summed E-state index contributed by atoms with van der Waals surface area (Å²) in [7, 11) is 0. The molecule has 0 aliphatic carbocycles. The van der Waals surface area contributed by atoms with Gasteiger partial charge >= 0.3 is 0 Å². The van der Waals surface area contributed by atoms with E-state index in [1.165, 1.54) is 43.9 Å². The van der Waals surface area contributed by atoms with Crippen molar-refractivity contribution in [1.29, 1.82) is 0 Å². The molecule has 0 radical (unpaired) electrons. The normalized spacial score (nSPS) is 13.4. The molecule has 0 aliphatic rings. The average Bonchev–Trinajstić information content (AvgIpc) is 2.01. The molecular weight excluding hydrogens is 200 g/mol. The monoisotopic (exact) mass is 220 g/mol. The Morgan fingerprint density at radius 2 is 1.73 bits per heavy atom. The van der Waals surface area contributed by atoms with E-state index in [-0.39, 0.29) is 0 Å². The number of halogens is 1. The van der Waals surface area contributed by atoms with Gasteiger partial charge in [0.25, 0.3) is 0 Å². The van der Waals surface area contributed by atoms with Gasteiger partial charge in [0.05, 0.1) is 0 Å². The minimum atomic E-state index is 0.944. The minimum Gasteiger partial charge on any atom is -0.0928 e. The van der Waals surface area contributed by atoms with Gasteiger partial charge < -0.3 is 0 Å². The smallest absolute Gasteiger partial charge is 0.00314 e. The maximum Gasteiger partial charge on any atom is 0.00314 e. The van der Waals surface area contributed by atoms with E-state index < -0.39 is 0 Å². The molecular formula is C10H21Br. The van der Waals surface area contributed by atoms with Crippen LogP contribution in [0.15, 0.2) is 0 Å². The number of rotatable bonds is 7. The van der Waals surface area contributed by atoms with Gasteiger partial charge in [-0.15, -0.1) is 0 Å². The van der Waals surface area contributed by atoms with Gasteiger partial charge in [-0.25, -0.2) is 0 Å². The molecule has 11 heavy (non-hydrogen) atoms. The molecule has 0 saturated heterocycles. The molecule has 0 amide bonds. The third-order valence-electron chi connectivity index (χ3n) is 2.13. The summed E-state index contributed by atoms with van der Waals surface area (Å²) in [4.78, 5) is 0. The van der Waals surface area contributed by atoms with Crippen LogP contribution < -0.4 is 0 Å². The Balaban J connectivity index is 3.02. The molecule has 0 aromatic carbocycles. The first-order chi connectivity index (χ1) is 5.31. The second-order valence-corrected chi connectivity index (χ2v) is 4.23. The zero-order valence-corrected chi connectivity index (χ0v) is 9.49. The van der Waals surface area contributed by atoms with Gasteiger partial charge in [0, 0.05) is 5.33 Å². The average molecular weight is 221 g/mol. The van der Waals surface area contributed by atoms with E-state index >= 15 is 0 Å². The van der Waals surface area contributed by atoms with E-state index in [4.69, 9.17) is 0 Å². The fourth-order valence-corrected chi connectivity index (χ4v) is 1.64. The first kappa shape index (κ1) is 11.5. The first-order valence-corrected chi connectivity index (χ1v) is 5.99. The Hall–Kier alpha value is 0.480. The molecule has 0 heterocycles. The topological polar surface area (TPSA) is 0 Å². The molecule has 0 aromatic heterocycles. The van der Waals surface area contributed by atoms with Crippen molar-refractivity contribution in [2.24, 2.45) is 5.92 Å². The molecule has 1 heteroatoms. The van der Waals surface area contributed by atoms with Crippen molar-refractivity contribution in [3.8, 4) is 0 Å². The van der Waals surface area contributed by atoms with Crippen LogP contribution in [0.25, 0.3) is 0 Å². The third-order valence-corrected chi connectivity index (χ3v) is 2.69. The van der Waals surface area contributed by atoms with E-state index in [9.17, 15) is 0 Å². The van der Waals surface area contributed by atoms with Gasteiger partial charge in [-0.05, 0) is 18.8 Å². The Morgan fingerprint density at radius 3 is 2.27 bits per heavy atom. The summed E-state index contributed by atoms with van der Waals surface area (Å²) in [6, 6.07) is 0. The molecule has 0 rings (SSSR count). The Kier molecular flexibility index (Phi) is 8.95. The van der Waals surface area contributed by atoms with Gasteiger partial charge in [-0.1, -0.05) is 55.5 Å². The predicted molar refractivity (Wildman–Crippen MR) is 56.3 cm³/mol. The number of alkyl halides is 1. The van der Waals surface area contributed by atoms with Crippen LogP contribution >= 0.6 is 15.9 Å². The van der Waals surface area contributed by atoms with Crippen LogP contribution in [-0.4, -0.2) is 5.33 Å². The standard InChI is InChI=1S/C10H21Br/c1-3-4-5-7-10(2)8-6-9-11/h10H,3-9H2,1-2H3/t10-/m1/s1. The van der Waals surface area contributed by atoms with Gasteiger partial charge in [0.15, 0.2) is 0 Å². The van der Waals surface area contributed by atoms with Crippen molar-refractivity contribution < 1.29 is 0 Å². The summed E-state index contributed by atoms with van der Waals surface area (Å²) in [6.07, 6.45) is 8.37. The summed E-state index contributed by atoms with van der Waals surface area (Å²) in [5, 5.41) is 1.17. The van der Waals surface area contributed by atoms with Crippen molar-refractivity contribution >= 4 is 15.9 Å². The van der Waals surface area contributed by atoms with E-state index in [0.29, 0.717) is 0 Å². The lowest BCUT2D eigenvalue weighted by Crippen LogP contribution is -1.94. The van der Waals surface area contributed by atoms with Crippen molar-refractivity contribution in [3.63, 3.8) is 0 Å². The van der Waals surface area contributed by atoms with Gasteiger partial charge in [-0.3, -0.25) is 0 Å². The van der Waals surface area contributed by atoms with Gasteiger partial charge in [-0.2, -0.15) is 0 Å². The Bertz CT molecular complexity index is 71.3. The summed E-state index contributed by atoms with van der Waals surface area (Å²) in [6.45, 7) is 4.64. The highest BCUT2D eigenvalue weighted by Gasteiger charge is 1.99. The highest BCUT2D eigenvalue weighted by molar-refractivity contribution is 9.09. The van der Waals surface area contributed by atoms with Crippen LogP contribution in [0.1, 0.15) is 52.4 Å². The minimum absolute atomic E-state index is 0.944. The van der Waals surface area contributed by atoms with Crippen LogP contribution in [0.3, 0.4) is 0 Å². The van der Waals surface area contributed by atoms with Crippen LogP contribution in [0.4, 0.5) is 0 Å². The molecule has 0 saturated carbocycles. The van der Waals surface area contributed by atoms with Crippen molar-refractivity contribution in [2.45, 2.75) is 52.4 Å². The summed E-state index contributed by atoms with van der Waals surface area (Å²) < 4.78 is 0. The Labute approximate surface area is 79.9 Å². The predicted octanol–water partition coefficient (Wildman–Crippen LogP) is 4.38. The zero-order chi connectivity index (χ0) is 8.53. The molecule has 1 atom stereocenters. The fraction of sp³-hybridized carbons (Fsp3) is 1.00. The maximum absolute atomic E-state index is 3.46. The van der Waals surface area contributed by atoms with E-state index in [1.807, 2.05) is 0 Å². The molecule has 0 unspecified atom stereocenters. The quantitative estimate of drug-likeness (QED) is 0.442.